The maximum atomic E-state index is 7.60. The van der Waals surface area contributed by atoms with Crippen molar-refractivity contribution in [1.82, 2.24) is 5.48 Å². The van der Waals surface area contributed by atoms with Crippen molar-refractivity contribution in [3.05, 3.63) is 29.8 Å². The van der Waals surface area contributed by atoms with Gasteiger partial charge in [0.2, 0.25) is 0 Å². The zero-order chi connectivity index (χ0) is 9.97. The second-order valence-corrected chi connectivity index (χ2v) is 4.42. The maximum Gasteiger partial charge on any atom is 0.122 e. The molecule has 0 radical (unpaired) electrons. The lowest BCUT2D eigenvalue weighted by Crippen LogP contribution is -2.21. The van der Waals surface area contributed by atoms with Crippen molar-refractivity contribution in [3.63, 3.8) is 0 Å². The van der Waals surface area contributed by atoms with Crippen molar-refractivity contribution in [1.29, 1.82) is 5.41 Å². The highest BCUT2D eigenvalue weighted by atomic mass is 32.2. The van der Waals surface area contributed by atoms with Gasteiger partial charge < -0.3 is 5.41 Å². The Hall–Kier alpha value is -0.840. The van der Waals surface area contributed by atoms with Gasteiger partial charge in [0.15, 0.2) is 0 Å². The summed E-state index contributed by atoms with van der Waals surface area (Å²) in [5.74, 6) is 0. The molecule has 1 aliphatic heterocycles. The van der Waals surface area contributed by atoms with Gasteiger partial charge in [-0.25, -0.2) is 0 Å². The van der Waals surface area contributed by atoms with E-state index in [-0.39, 0.29) is 5.37 Å². The van der Waals surface area contributed by atoms with E-state index in [0.717, 1.165) is 4.90 Å². The van der Waals surface area contributed by atoms with Gasteiger partial charge in [-0.1, -0.05) is 29.5 Å². The van der Waals surface area contributed by atoms with Crippen LogP contribution in [0.4, 0.5) is 0 Å². The van der Waals surface area contributed by atoms with E-state index >= 15 is 0 Å². The van der Waals surface area contributed by atoms with Crippen LogP contribution in [0.3, 0.4) is 0 Å². The lowest BCUT2D eigenvalue weighted by atomic mass is 10.2. The first-order valence-corrected chi connectivity index (χ1v) is 5.31. The minimum Gasteiger partial charge on any atom is -0.304 e. The molecule has 2 N–H and O–H groups in total. The molecule has 1 saturated heterocycles. The summed E-state index contributed by atoms with van der Waals surface area (Å²) in [7, 11) is 0. The van der Waals surface area contributed by atoms with Gasteiger partial charge in [-0.05, 0) is 19.1 Å². The molecule has 0 amide bonds. The Labute approximate surface area is 87.3 Å². The van der Waals surface area contributed by atoms with Gasteiger partial charge in [0, 0.05) is 4.90 Å². The number of hydroxylamine groups is 1. The van der Waals surface area contributed by atoms with Crippen molar-refractivity contribution in [2.24, 2.45) is 0 Å². The molecule has 1 aromatic rings. The molecule has 0 spiro atoms. The average Bonchev–Trinajstić information content (AvgIpc) is 2.52. The van der Waals surface area contributed by atoms with Crippen LogP contribution in [0.2, 0.25) is 0 Å². The third-order valence-corrected chi connectivity index (χ3v) is 3.12. The van der Waals surface area contributed by atoms with Gasteiger partial charge in [-0.15, -0.1) is 0 Å². The molecule has 14 heavy (non-hydrogen) atoms. The van der Waals surface area contributed by atoms with E-state index in [1.165, 1.54) is 5.56 Å². The molecule has 2 rings (SSSR count). The molecule has 1 heterocycles. The standard InChI is InChI=1S/C10H12N2OS/c1-7-3-2-4-8(5-7)14-10-9(11)6-13-12-10/h2-5,10-12H,6H2,1H3. The summed E-state index contributed by atoms with van der Waals surface area (Å²) in [6.45, 7) is 2.46. The molecule has 74 valence electrons. The van der Waals surface area contributed by atoms with Gasteiger partial charge in [0.05, 0.1) is 5.71 Å². The van der Waals surface area contributed by atoms with Crippen LogP contribution >= 0.6 is 11.8 Å². The van der Waals surface area contributed by atoms with Crippen molar-refractivity contribution >= 4 is 17.5 Å². The molecule has 1 fully saturated rings. The fourth-order valence-electron chi connectivity index (χ4n) is 1.26. The smallest absolute Gasteiger partial charge is 0.122 e. The summed E-state index contributed by atoms with van der Waals surface area (Å²) >= 11 is 1.61. The third kappa shape index (κ3) is 2.15. The number of rotatable bonds is 2. The fraction of sp³-hybridized carbons (Fsp3) is 0.300. The minimum absolute atomic E-state index is 0.0307. The third-order valence-electron chi connectivity index (χ3n) is 1.98. The normalized spacial score (nSPS) is 21.5. The molecule has 1 atom stereocenters. The first kappa shape index (κ1) is 9.71. The molecule has 0 bridgehead atoms. The number of aryl methyl sites for hydroxylation is 1. The average molecular weight is 208 g/mol. The van der Waals surface area contributed by atoms with Crippen LogP contribution in [0.25, 0.3) is 0 Å². The summed E-state index contributed by atoms with van der Waals surface area (Å²) in [5, 5.41) is 7.57. The van der Waals surface area contributed by atoms with Gasteiger partial charge in [0.25, 0.3) is 0 Å². The van der Waals surface area contributed by atoms with Crippen LogP contribution in [-0.2, 0) is 4.84 Å². The van der Waals surface area contributed by atoms with E-state index in [9.17, 15) is 0 Å². The van der Waals surface area contributed by atoms with Crippen LogP contribution in [0.15, 0.2) is 29.2 Å². The number of benzene rings is 1. The summed E-state index contributed by atoms with van der Waals surface area (Å²) in [6.07, 6.45) is 0. The van der Waals surface area contributed by atoms with E-state index in [2.05, 4.69) is 24.5 Å². The number of nitrogens with one attached hydrogen (secondary N) is 2. The predicted octanol–water partition coefficient (Wildman–Crippen LogP) is 1.97. The molecule has 1 unspecified atom stereocenters. The van der Waals surface area contributed by atoms with Gasteiger partial charge in [-0.3, -0.25) is 4.84 Å². The molecule has 0 saturated carbocycles. The minimum atomic E-state index is -0.0307. The van der Waals surface area contributed by atoms with Crippen molar-refractivity contribution in [3.8, 4) is 0 Å². The molecular weight excluding hydrogens is 196 g/mol. The topological polar surface area (TPSA) is 45.1 Å². The van der Waals surface area contributed by atoms with Gasteiger partial charge in [0.1, 0.15) is 12.0 Å². The number of thioether (sulfide) groups is 1. The maximum absolute atomic E-state index is 7.60. The largest absolute Gasteiger partial charge is 0.304 e. The highest BCUT2D eigenvalue weighted by Crippen LogP contribution is 2.25. The molecule has 1 aromatic carbocycles. The molecule has 3 nitrogen and oxygen atoms in total. The first-order chi connectivity index (χ1) is 6.75. The monoisotopic (exact) mass is 208 g/mol. The molecule has 0 aromatic heterocycles. The van der Waals surface area contributed by atoms with Gasteiger partial charge in [-0.2, -0.15) is 5.48 Å². The molecular formula is C10H12N2OS. The Morgan fingerprint density at radius 3 is 3.07 bits per heavy atom. The SMILES string of the molecule is Cc1cccc(SC2NOCC2=N)c1. The van der Waals surface area contributed by atoms with E-state index < -0.39 is 0 Å². The van der Waals surface area contributed by atoms with E-state index in [1.807, 2.05) is 12.1 Å². The van der Waals surface area contributed by atoms with Crippen LogP contribution < -0.4 is 5.48 Å². The highest BCUT2D eigenvalue weighted by molar-refractivity contribution is 8.00. The molecule has 4 heteroatoms. The van der Waals surface area contributed by atoms with Crippen LogP contribution in [0, 0.1) is 12.3 Å². The lowest BCUT2D eigenvalue weighted by Gasteiger charge is -2.08. The Bertz CT molecular complexity index is 354. The highest BCUT2D eigenvalue weighted by Gasteiger charge is 2.22. The quantitative estimate of drug-likeness (QED) is 0.781. The summed E-state index contributed by atoms with van der Waals surface area (Å²) in [4.78, 5) is 6.14. The summed E-state index contributed by atoms with van der Waals surface area (Å²) < 4.78 is 0. The van der Waals surface area contributed by atoms with Crippen molar-refractivity contribution in [2.45, 2.75) is 17.2 Å². The second kappa shape index (κ2) is 4.13. The number of hydrogen-bond acceptors (Lipinski definition) is 4. The zero-order valence-electron chi connectivity index (χ0n) is 7.91. The van der Waals surface area contributed by atoms with Crippen LogP contribution in [-0.4, -0.2) is 17.7 Å². The lowest BCUT2D eigenvalue weighted by molar-refractivity contribution is 0.104. The van der Waals surface area contributed by atoms with E-state index in [4.69, 9.17) is 10.2 Å². The van der Waals surface area contributed by atoms with Crippen molar-refractivity contribution in [2.75, 3.05) is 6.61 Å². The summed E-state index contributed by atoms with van der Waals surface area (Å²) in [6, 6.07) is 8.24. The first-order valence-electron chi connectivity index (χ1n) is 4.43. The predicted molar refractivity (Wildman–Crippen MR) is 57.6 cm³/mol. The fourth-order valence-corrected chi connectivity index (χ4v) is 2.27. The zero-order valence-corrected chi connectivity index (χ0v) is 8.73. The van der Waals surface area contributed by atoms with E-state index in [0.29, 0.717) is 12.3 Å². The van der Waals surface area contributed by atoms with Crippen LogP contribution in [0.1, 0.15) is 5.56 Å². The Morgan fingerprint density at radius 2 is 2.43 bits per heavy atom. The van der Waals surface area contributed by atoms with Gasteiger partial charge >= 0.3 is 0 Å². The second-order valence-electron chi connectivity index (χ2n) is 3.25. The Morgan fingerprint density at radius 1 is 1.57 bits per heavy atom. The molecule has 0 aliphatic carbocycles. The summed E-state index contributed by atoms with van der Waals surface area (Å²) in [5.41, 5.74) is 4.64. The number of hydrogen-bond donors (Lipinski definition) is 2. The Balaban J connectivity index is 2.07. The molecule has 1 aliphatic rings. The van der Waals surface area contributed by atoms with Crippen molar-refractivity contribution < 1.29 is 4.84 Å². The van der Waals surface area contributed by atoms with Crippen LogP contribution in [0.5, 0.6) is 0 Å². The van der Waals surface area contributed by atoms with E-state index in [1.54, 1.807) is 11.8 Å². The Kier molecular flexibility index (Phi) is 2.86.